The average molecular weight is 498 g/mol. The minimum Gasteiger partial charge on any atom is -0.467 e. The molecule has 0 aliphatic heterocycles. The molecule has 0 heterocycles. The molecule has 0 saturated heterocycles. The van der Waals surface area contributed by atoms with Gasteiger partial charge in [-0.15, -0.1) is 6.58 Å². The van der Waals surface area contributed by atoms with E-state index < -0.39 is 52.9 Å². The molecule has 200 valence electrons. The van der Waals surface area contributed by atoms with E-state index in [0.29, 0.717) is 0 Å². The van der Waals surface area contributed by atoms with Crippen LogP contribution in [-0.4, -0.2) is 60.0 Å². The summed E-state index contributed by atoms with van der Waals surface area (Å²) in [4.78, 5) is 64.4. The van der Waals surface area contributed by atoms with Crippen molar-refractivity contribution in [3.63, 3.8) is 0 Å². The first kappa shape index (κ1) is 32.1. The zero-order chi connectivity index (χ0) is 27.6. The van der Waals surface area contributed by atoms with E-state index in [1.807, 2.05) is 27.7 Å². The number of esters is 2. The van der Waals surface area contributed by atoms with Crippen LogP contribution in [0, 0.1) is 11.8 Å². The van der Waals surface area contributed by atoms with Gasteiger partial charge in [0.05, 0.1) is 7.11 Å². The van der Waals surface area contributed by atoms with Gasteiger partial charge in [-0.1, -0.05) is 33.8 Å². The summed E-state index contributed by atoms with van der Waals surface area (Å²) in [6, 6.07) is -2.06. The number of carbonyl (C=O) groups is 5. The summed E-state index contributed by atoms with van der Waals surface area (Å²) >= 11 is 0. The minimum absolute atomic E-state index is 0.0134. The Balaban J connectivity index is 6.50. The zero-order valence-electron chi connectivity index (χ0n) is 22.6. The fourth-order valence-corrected chi connectivity index (χ4v) is 3.36. The maximum absolute atomic E-state index is 13.6. The highest BCUT2D eigenvalue weighted by Gasteiger charge is 2.51. The van der Waals surface area contributed by atoms with Crippen LogP contribution in [0.15, 0.2) is 12.7 Å². The summed E-state index contributed by atoms with van der Waals surface area (Å²) < 4.78 is 10.3. The molecule has 0 bridgehead atoms. The van der Waals surface area contributed by atoms with Crippen LogP contribution >= 0.6 is 0 Å². The van der Waals surface area contributed by atoms with E-state index >= 15 is 0 Å². The summed E-state index contributed by atoms with van der Waals surface area (Å²) in [5.41, 5.74) is -3.22. The van der Waals surface area contributed by atoms with Gasteiger partial charge in [0.1, 0.15) is 17.7 Å². The van der Waals surface area contributed by atoms with Crippen LogP contribution in [0.2, 0.25) is 0 Å². The van der Waals surface area contributed by atoms with Crippen LogP contribution in [0.4, 0.5) is 0 Å². The highest BCUT2D eigenvalue weighted by Crippen LogP contribution is 2.21. The Hall–Kier alpha value is -2.91. The quantitative estimate of drug-likeness (QED) is 0.201. The van der Waals surface area contributed by atoms with Crippen molar-refractivity contribution in [2.75, 3.05) is 7.11 Å². The number of rotatable bonds is 13. The normalized spacial score (nSPS) is 14.8. The summed E-state index contributed by atoms with van der Waals surface area (Å²) in [5, 5.41) is 7.63. The van der Waals surface area contributed by atoms with Crippen LogP contribution in [-0.2, 0) is 33.4 Å². The molecule has 0 fully saturated rings. The Labute approximate surface area is 208 Å². The van der Waals surface area contributed by atoms with Gasteiger partial charge in [-0.25, -0.2) is 9.59 Å². The number of hydrogen-bond acceptors (Lipinski definition) is 7. The van der Waals surface area contributed by atoms with Gasteiger partial charge in [-0.3, -0.25) is 14.4 Å². The Kier molecular flexibility index (Phi) is 12.7. The first-order valence-electron chi connectivity index (χ1n) is 11.8. The van der Waals surface area contributed by atoms with Crippen LogP contribution in [0.1, 0.15) is 74.7 Å². The van der Waals surface area contributed by atoms with Crippen molar-refractivity contribution in [2.24, 2.45) is 11.8 Å². The van der Waals surface area contributed by atoms with Crippen molar-refractivity contribution in [3.05, 3.63) is 12.7 Å². The molecule has 3 atom stereocenters. The molecule has 35 heavy (non-hydrogen) atoms. The Morgan fingerprint density at radius 1 is 0.914 bits per heavy atom. The molecule has 0 aromatic carbocycles. The lowest BCUT2D eigenvalue weighted by molar-refractivity contribution is -0.168. The lowest BCUT2D eigenvalue weighted by Crippen LogP contribution is -2.68. The first-order valence-corrected chi connectivity index (χ1v) is 11.8. The Morgan fingerprint density at radius 2 is 1.43 bits per heavy atom. The van der Waals surface area contributed by atoms with Crippen molar-refractivity contribution < 1.29 is 33.4 Å². The smallest absolute Gasteiger partial charge is 0.342 e. The topological polar surface area (TPSA) is 140 Å². The summed E-state index contributed by atoms with van der Waals surface area (Å²) in [6.07, 6.45) is 1.50. The van der Waals surface area contributed by atoms with E-state index in [0.717, 1.165) is 0 Å². The van der Waals surface area contributed by atoms with Gasteiger partial charge in [-0.05, 0) is 45.4 Å². The second-order valence-electron chi connectivity index (χ2n) is 10.5. The standard InChI is InChI=1S/C25H43N3O7/c1-11-12-25(23(33)35-24(7,8)9,22(32)27-19(14-16(4)5)21(31)34-10)28-20(30)18(13-15(2)3)26-17(6)29/h11,15-16,18-19H,1,12-14H2,2-10H3,(H,26,29)(H,27,32)(H,28,30)/t18-,19-,25?/m0/s1. The molecule has 0 aromatic heterocycles. The predicted octanol–water partition coefficient (Wildman–Crippen LogP) is 2.01. The Morgan fingerprint density at radius 3 is 1.83 bits per heavy atom. The molecule has 10 heteroatoms. The van der Waals surface area contributed by atoms with Crippen LogP contribution in [0.3, 0.4) is 0 Å². The van der Waals surface area contributed by atoms with Crippen molar-refractivity contribution >= 4 is 29.7 Å². The second kappa shape index (κ2) is 13.8. The van der Waals surface area contributed by atoms with Gasteiger partial charge in [0, 0.05) is 13.3 Å². The van der Waals surface area contributed by atoms with Crippen molar-refractivity contribution in [1.29, 1.82) is 0 Å². The average Bonchev–Trinajstić information content (AvgIpc) is 2.69. The fraction of sp³-hybridized carbons (Fsp3) is 0.720. The lowest BCUT2D eigenvalue weighted by atomic mass is 9.91. The molecular weight excluding hydrogens is 454 g/mol. The Bertz CT molecular complexity index is 786. The molecule has 10 nitrogen and oxygen atoms in total. The minimum atomic E-state index is -2.23. The van der Waals surface area contributed by atoms with Crippen molar-refractivity contribution in [2.45, 2.75) is 97.9 Å². The summed E-state index contributed by atoms with van der Waals surface area (Å²) in [7, 11) is 1.19. The summed E-state index contributed by atoms with van der Waals surface area (Å²) in [5.74, 6) is -3.79. The highest BCUT2D eigenvalue weighted by atomic mass is 16.6. The van der Waals surface area contributed by atoms with Crippen molar-refractivity contribution in [1.82, 2.24) is 16.0 Å². The molecular formula is C25H43N3O7. The monoisotopic (exact) mass is 497 g/mol. The molecule has 0 aromatic rings. The summed E-state index contributed by atoms with van der Waals surface area (Å²) in [6.45, 7) is 17.2. The number of carbonyl (C=O) groups excluding carboxylic acids is 5. The predicted molar refractivity (Wildman–Crippen MR) is 132 cm³/mol. The molecule has 0 saturated carbocycles. The van der Waals surface area contributed by atoms with E-state index in [-0.39, 0.29) is 31.1 Å². The van der Waals surface area contributed by atoms with Gasteiger partial charge < -0.3 is 25.4 Å². The third-order valence-electron chi connectivity index (χ3n) is 4.82. The molecule has 0 aliphatic carbocycles. The van der Waals surface area contributed by atoms with E-state index in [1.54, 1.807) is 20.8 Å². The van der Waals surface area contributed by atoms with Gasteiger partial charge in [0.25, 0.3) is 5.91 Å². The van der Waals surface area contributed by atoms with Gasteiger partial charge in [-0.2, -0.15) is 0 Å². The molecule has 3 amide bonds. The molecule has 0 rings (SSSR count). The number of nitrogens with one attached hydrogen (secondary N) is 3. The van der Waals surface area contributed by atoms with E-state index in [9.17, 15) is 24.0 Å². The number of methoxy groups -OCH3 is 1. The molecule has 0 spiro atoms. The van der Waals surface area contributed by atoms with Crippen molar-refractivity contribution in [3.8, 4) is 0 Å². The maximum Gasteiger partial charge on any atom is 0.342 e. The number of amides is 3. The number of ether oxygens (including phenoxy) is 2. The largest absolute Gasteiger partial charge is 0.467 e. The molecule has 1 unspecified atom stereocenters. The van der Waals surface area contributed by atoms with E-state index in [1.165, 1.54) is 20.1 Å². The highest BCUT2D eigenvalue weighted by molar-refractivity contribution is 6.11. The fourth-order valence-electron chi connectivity index (χ4n) is 3.36. The second-order valence-corrected chi connectivity index (χ2v) is 10.5. The molecule has 3 N–H and O–H groups in total. The van der Waals surface area contributed by atoms with Crippen LogP contribution < -0.4 is 16.0 Å². The van der Waals surface area contributed by atoms with Gasteiger partial charge in [0.2, 0.25) is 17.4 Å². The first-order chi connectivity index (χ1) is 16.0. The zero-order valence-corrected chi connectivity index (χ0v) is 22.6. The SMILES string of the molecule is C=CCC(NC(=O)[C@H](CC(C)C)NC(C)=O)(C(=O)N[C@@H](CC(C)C)C(=O)OC)C(=O)OC(C)(C)C. The third kappa shape index (κ3) is 10.9. The van der Waals surface area contributed by atoms with Crippen LogP contribution in [0.25, 0.3) is 0 Å². The molecule has 0 radical (unpaired) electrons. The lowest BCUT2D eigenvalue weighted by Gasteiger charge is -2.35. The van der Waals surface area contributed by atoms with Gasteiger partial charge >= 0.3 is 11.9 Å². The van der Waals surface area contributed by atoms with Gasteiger partial charge in [0.15, 0.2) is 0 Å². The molecule has 0 aliphatic rings. The maximum atomic E-state index is 13.6. The number of hydrogen-bond donors (Lipinski definition) is 3. The van der Waals surface area contributed by atoms with E-state index in [4.69, 9.17) is 9.47 Å². The third-order valence-corrected chi connectivity index (χ3v) is 4.82. The van der Waals surface area contributed by atoms with E-state index in [2.05, 4.69) is 22.5 Å². The van der Waals surface area contributed by atoms with Crippen LogP contribution in [0.5, 0.6) is 0 Å².